The molecular weight excluding hydrogens is 286 g/mol. The number of fused-ring (bicyclic) bond motifs is 1. The van der Waals surface area contributed by atoms with Crippen LogP contribution in [0.3, 0.4) is 0 Å². The minimum atomic E-state index is -0.703. The second kappa shape index (κ2) is 5.32. The van der Waals surface area contributed by atoms with Gasteiger partial charge in [0.2, 0.25) is 5.95 Å². The summed E-state index contributed by atoms with van der Waals surface area (Å²) >= 11 is 0. The van der Waals surface area contributed by atoms with E-state index >= 15 is 0 Å². The maximum Gasteiger partial charge on any atom is 0.419 e. The number of nitrogens with zero attached hydrogens (tertiary/aromatic N) is 3. The van der Waals surface area contributed by atoms with Gasteiger partial charge in [0.05, 0.1) is 7.11 Å². The Bertz CT molecular complexity index is 898. The number of hydrogen-bond donors (Lipinski definition) is 2. The highest BCUT2D eigenvalue weighted by Gasteiger charge is 2.21. The third-order valence-electron chi connectivity index (χ3n) is 3.17. The maximum absolute atomic E-state index is 12.1. The average Bonchev–Trinajstić information content (AvgIpc) is 2.85. The van der Waals surface area contributed by atoms with E-state index in [1.54, 1.807) is 0 Å². The summed E-state index contributed by atoms with van der Waals surface area (Å²) in [7, 11) is 1.24. The first-order valence-electron chi connectivity index (χ1n) is 6.49. The molecule has 0 amide bonds. The number of benzene rings is 1. The smallest absolute Gasteiger partial charge is 0.419 e. The molecule has 2 aromatic heterocycles. The van der Waals surface area contributed by atoms with Crippen LogP contribution in [0.2, 0.25) is 0 Å². The molecule has 8 nitrogen and oxygen atoms in total. The SMILES string of the molecule is COC(=O)n1c(Cc2ccccc2)nc2nc(N)[nH]c(=O)c21. The third kappa shape index (κ3) is 2.30. The summed E-state index contributed by atoms with van der Waals surface area (Å²) < 4.78 is 5.86. The first kappa shape index (κ1) is 13.8. The standard InChI is InChI=1S/C14H13N5O3/c1-22-14(21)19-9(7-8-5-3-2-4-6-8)16-11-10(19)12(20)18-13(15)17-11/h2-6H,7H2,1H3,(H3,15,17,18,20). The highest BCUT2D eigenvalue weighted by molar-refractivity contribution is 5.85. The number of hydrogen-bond acceptors (Lipinski definition) is 6. The Morgan fingerprint density at radius 1 is 1.32 bits per heavy atom. The maximum atomic E-state index is 12.1. The molecule has 112 valence electrons. The van der Waals surface area contributed by atoms with Gasteiger partial charge < -0.3 is 10.5 Å². The number of anilines is 1. The molecule has 0 spiro atoms. The second-order valence-electron chi connectivity index (χ2n) is 4.62. The van der Waals surface area contributed by atoms with Crippen molar-refractivity contribution in [2.24, 2.45) is 0 Å². The van der Waals surface area contributed by atoms with Crippen molar-refractivity contribution in [3.63, 3.8) is 0 Å². The zero-order valence-corrected chi connectivity index (χ0v) is 11.7. The van der Waals surface area contributed by atoms with Crippen molar-refractivity contribution in [1.82, 2.24) is 19.5 Å². The number of imidazole rings is 1. The predicted octanol–water partition coefficient (Wildman–Crippen LogP) is 0.907. The number of aromatic nitrogens is 4. The lowest BCUT2D eigenvalue weighted by Gasteiger charge is -2.05. The first-order chi connectivity index (χ1) is 10.6. The van der Waals surface area contributed by atoms with Crippen LogP contribution in [0.4, 0.5) is 10.7 Å². The molecule has 3 aromatic rings. The molecule has 0 aliphatic heterocycles. The zero-order valence-electron chi connectivity index (χ0n) is 11.7. The Hall–Kier alpha value is -3.16. The summed E-state index contributed by atoms with van der Waals surface area (Å²) in [5, 5.41) is 0. The Kier molecular flexibility index (Phi) is 3.34. The van der Waals surface area contributed by atoms with Crippen LogP contribution in [-0.4, -0.2) is 32.7 Å². The number of nitrogens with one attached hydrogen (secondary N) is 1. The normalized spacial score (nSPS) is 10.8. The van der Waals surface area contributed by atoms with Gasteiger partial charge in [-0.2, -0.15) is 4.98 Å². The number of aromatic amines is 1. The van der Waals surface area contributed by atoms with E-state index in [0.29, 0.717) is 12.2 Å². The number of methoxy groups -OCH3 is 1. The van der Waals surface area contributed by atoms with E-state index in [2.05, 4.69) is 15.0 Å². The van der Waals surface area contributed by atoms with Gasteiger partial charge in [-0.1, -0.05) is 30.3 Å². The van der Waals surface area contributed by atoms with E-state index in [1.165, 1.54) is 7.11 Å². The summed E-state index contributed by atoms with van der Waals surface area (Å²) in [4.78, 5) is 34.6. The van der Waals surface area contributed by atoms with Crippen LogP contribution in [-0.2, 0) is 11.2 Å². The fourth-order valence-electron chi connectivity index (χ4n) is 2.24. The largest absolute Gasteiger partial charge is 0.452 e. The lowest BCUT2D eigenvalue weighted by atomic mass is 10.1. The van der Waals surface area contributed by atoms with Gasteiger partial charge in [-0.3, -0.25) is 9.78 Å². The molecule has 0 atom stereocenters. The number of nitrogen functional groups attached to an aromatic ring is 1. The van der Waals surface area contributed by atoms with Crippen molar-refractivity contribution in [3.05, 3.63) is 52.1 Å². The van der Waals surface area contributed by atoms with Gasteiger partial charge in [0.1, 0.15) is 5.82 Å². The molecule has 2 heterocycles. The molecule has 0 fully saturated rings. The summed E-state index contributed by atoms with van der Waals surface area (Å²) in [6.07, 6.45) is -0.350. The van der Waals surface area contributed by atoms with E-state index in [1.807, 2.05) is 30.3 Å². The number of carbonyl (C=O) groups excluding carboxylic acids is 1. The van der Waals surface area contributed by atoms with Gasteiger partial charge >= 0.3 is 6.09 Å². The first-order valence-corrected chi connectivity index (χ1v) is 6.49. The Balaban J connectivity index is 2.23. The van der Waals surface area contributed by atoms with Crippen LogP contribution in [0.5, 0.6) is 0 Å². The van der Waals surface area contributed by atoms with Crippen LogP contribution in [0, 0.1) is 0 Å². The molecule has 1 aromatic carbocycles. The zero-order chi connectivity index (χ0) is 15.7. The molecule has 3 N–H and O–H groups in total. The van der Waals surface area contributed by atoms with E-state index in [-0.39, 0.29) is 17.1 Å². The molecule has 3 rings (SSSR count). The van der Waals surface area contributed by atoms with Crippen molar-refractivity contribution < 1.29 is 9.53 Å². The lowest BCUT2D eigenvalue weighted by molar-refractivity contribution is 0.173. The number of rotatable bonds is 2. The molecule has 22 heavy (non-hydrogen) atoms. The third-order valence-corrected chi connectivity index (χ3v) is 3.17. The van der Waals surface area contributed by atoms with Gasteiger partial charge in [0, 0.05) is 6.42 Å². The number of H-pyrrole nitrogens is 1. The van der Waals surface area contributed by atoms with Crippen LogP contribution in [0.1, 0.15) is 11.4 Å². The fraction of sp³-hybridized carbons (Fsp3) is 0.143. The Labute approximate surface area is 124 Å². The van der Waals surface area contributed by atoms with Crippen molar-refractivity contribution >= 4 is 23.2 Å². The van der Waals surface area contributed by atoms with E-state index in [0.717, 1.165) is 10.1 Å². The van der Waals surface area contributed by atoms with E-state index in [4.69, 9.17) is 10.5 Å². The number of nitrogens with two attached hydrogens (primary N) is 1. The minimum Gasteiger partial charge on any atom is -0.452 e. The van der Waals surface area contributed by atoms with Crippen molar-refractivity contribution in [3.8, 4) is 0 Å². The molecule has 0 unspecified atom stereocenters. The van der Waals surface area contributed by atoms with Crippen LogP contribution in [0.15, 0.2) is 35.1 Å². The molecule has 0 bridgehead atoms. The van der Waals surface area contributed by atoms with E-state index < -0.39 is 11.7 Å². The monoisotopic (exact) mass is 299 g/mol. The summed E-state index contributed by atoms with van der Waals surface area (Å²) in [5.41, 5.74) is 6.04. The van der Waals surface area contributed by atoms with E-state index in [9.17, 15) is 9.59 Å². The highest BCUT2D eigenvalue weighted by Crippen LogP contribution is 2.15. The molecule has 0 aliphatic rings. The second-order valence-corrected chi connectivity index (χ2v) is 4.62. The molecular formula is C14H13N5O3. The highest BCUT2D eigenvalue weighted by atomic mass is 16.5. The molecule has 0 aliphatic carbocycles. The topological polar surface area (TPSA) is 116 Å². The van der Waals surface area contributed by atoms with Crippen LogP contribution >= 0.6 is 0 Å². The van der Waals surface area contributed by atoms with Gasteiger partial charge in [0.25, 0.3) is 5.56 Å². The minimum absolute atomic E-state index is 0.0204. The number of carbonyl (C=O) groups is 1. The summed E-state index contributed by atoms with van der Waals surface area (Å²) in [6, 6.07) is 9.44. The predicted molar refractivity (Wildman–Crippen MR) is 79.6 cm³/mol. The van der Waals surface area contributed by atoms with Crippen molar-refractivity contribution in [2.75, 3.05) is 12.8 Å². The van der Waals surface area contributed by atoms with Crippen LogP contribution < -0.4 is 11.3 Å². The van der Waals surface area contributed by atoms with Gasteiger partial charge in [0.15, 0.2) is 11.2 Å². The summed E-state index contributed by atoms with van der Waals surface area (Å²) in [5.74, 6) is 0.301. The summed E-state index contributed by atoms with van der Waals surface area (Å²) in [6.45, 7) is 0. The lowest BCUT2D eigenvalue weighted by Crippen LogP contribution is -2.21. The van der Waals surface area contributed by atoms with Gasteiger partial charge in [-0.05, 0) is 5.56 Å². The van der Waals surface area contributed by atoms with Gasteiger partial charge in [-0.15, -0.1) is 0 Å². The van der Waals surface area contributed by atoms with Crippen LogP contribution in [0.25, 0.3) is 11.2 Å². The Morgan fingerprint density at radius 3 is 2.73 bits per heavy atom. The molecule has 0 radical (unpaired) electrons. The molecule has 8 heteroatoms. The molecule has 0 saturated heterocycles. The Morgan fingerprint density at radius 2 is 2.05 bits per heavy atom. The average molecular weight is 299 g/mol. The fourth-order valence-corrected chi connectivity index (χ4v) is 2.24. The van der Waals surface area contributed by atoms with Gasteiger partial charge in [-0.25, -0.2) is 14.3 Å². The van der Waals surface area contributed by atoms with Crippen molar-refractivity contribution in [2.45, 2.75) is 6.42 Å². The number of ether oxygens (including phenoxy) is 1. The molecule has 0 saturated carbocycles. The quantitative estimate of drug-likeness (QED) is 0.726. The van der Waals surface area contributed by atoms with Crippen molar-refractivity contribution in [1.29, 1.82) is 0 Å².